The number of benzene rings is 1. The van der Waals surface area contributed by atoms with Crippen LogP contribution in [0.3, 0.4) is 0 Å². The molecular weight excluding hydrogens is 201 g/mol. The van der Waals surface area contributed by atoms with E-state index in [0.717, 1.165) is 6.07 Å². The van der Waals surface area contributed by atoms with Crippen LogP contribution < -0.4 is 4.74 Å². The van der Waals surface area contributed by atoms with Gasteiger partial charge in [0, 0.05) is 6.42 Å². The Morgan fingerprint density at radius 3 is 2.93 bits per heavy atom. The molecule has 5 heteroatoms. The fourth-order valence-corrected chi connectivity index (χ4v) is 1.01. The van der Waals surface area contributed by atoms with Gasteiger partial charge in [-0.1, -0.05) is 6.07 Å². The third-order valence-electron chi connectivity index (χ3n) is 1.64. The number of hydrogen-bond donors (Lipinski definition) is 0. The van der Waals surface area contributed by atoms with Crippen LogP contribution in [0.1, 0.15) is 6.42 Å². The molecule has 78 valence electrons. The summed E-state index contributed by atoms with van der Waals surface area (Å²) in [4.78, 5) is 9.70. The van der Waals surface area contributed by atoms with Gasteiger partial charge >= 0.3 is 5.69 Å². The number of nitro benzene ring substituents is 1. The predicted molar refractivity (Wildman–Crippen MR) is 52.0 cm³/mol. The molecule has 0 saturated carbocycles. The first kappa shape index (κ1) is 11.0. The maximum atomic E-state index is 13.0. The molecule has 0 atom stereocenters. The molecule has 1 aromatic carbocycles. The lowest BCUT2D eigenvalue weighted by Crippen LogP contribution is -2.01. The Balaban J connectivity index is 2.92. The van der Waals surface area contributed by atoms with Crippen molar-refractivity contribution < 1.29 is 14.1 Å². The average molecular weight is 209 g/mol. The SMILES string of the molecule is C#CCCOc1cccc(F)c1[N+](=O)[O-]. The molecule has 0 fully saturated rings. The minimum atomic E-state index is -0.918. The molecule has 0 unspecified atom stereocenters. The van der Waals surface area contributed by atoms with Crippen molar-refractivity contribution in [3.8, 4) is 18.1 Å². The summed E-state index contributed by atoms with van der Waals surface area (Å²) in [6.07, 6.45) is 5.30. The highest BCUT2D eigenvalue weighted by Crippen LogP contribution is 2.29. The lowest BCUT2D eigenvalue weighted by Gasteiger charge is -2.04. The Morgan fingerprint density at radius 2 is 2.33 bits per heavy atom. The van der Waals surface area contributed by atoms with E-state index in [4.69, 9.17) is 11.2 Å². The van der Waals surface area contributed by atoms with E-state index in [2.05, 4.69) is 5.92 Å². The van der Waals surface area contributed by atoms with Crippen molar-refractivity contribution in [1.29, 1.82) is 0 Å². The summed E-state index contributed by atoms with van der Waals surface area (Å²) in [6.45, 7) is 0.126. The van der Waals surface area contributed by atoms with Crippen LogP contribution in [0.15, 0.2) is 18.2 Å². The smallest absolute Gasteiger partial charge is 0.346 e. The molecule has 1 aromatic rings. The normalized spacial score (nSPS) is 9.33. The fourth-order valence-electron chi connectivity index (χ4n) is 1.01. The Labute approximate surface area is 85.8 Å². The lowest BCUT2D eigenvalue weighted by molar-refractivity contribution is -0.388. The van der Waals surface area contributed by atoms with Crippen LogP contribution in [-0.2, 0) is 0 Å². The quantitative estimate of drug-likeness (QED) is 0.330. The second-order valence-corrected chi connectivity index (χ2v) is 2.65. The monoisotopic (exact) mass is 209 g/mol. The van der Waals surface area contributed by atoms with Gasteiger partial charge in [0.25, 0.3) is 0 Å². The van der Waals surface area contributed by atoms with E-state index in [9.17, 15) is 14.5 Å². The van der Waals surface area contributed by atoms with Gasteiger partial charge in [-0.15, -0.1) is 12.3 Å². The summed E-state index contributed by atoms with van der Waals surface area (Å²) in [5.41, 5.74) is -0.658. The standard InChI is InChI=1S/C10H8FNO3/c1-2-3-7-15-9-6-4-5-8(11)10(9)12(13)14/h1,4-6H,3,7H2. The number of rotatable bonds is 4. The Kier molecular flexibility index (Phi) is 3.63. The number of para-hydroxylation sites is 1. The van der Waals surface area contributed by atoms with E-state index in [1.807, 2.05) is 0 Å². The maximum Gasteiger partial charge on any atom is 0.346 e. The zero-order valence-electron chi connectivity index (χ0n) is 7.77. The molecule has 1 rings (SSSR count). The van der Waals surface area contributed by atoms with Crippen LogP contribution in [0.25, 0.3) is 0 Å². The maximum absolute atomic E-state index is 13.0. The third kappa shape index (κ3) is 2.68. The molecule has 0 saturated heterocycles. The van der Waals surface area contributed by atoms with E-state index in [1.54, 1.807) is 0 Å². The number of hydrogen-bond acceptors (Lipinski definition) is 3. The summed E-state index contributed by atoms with van der Waals surface area (Å²) in [6, 6.07) is 3.68. The van der Waals surface area contributed by atoms with Gasteiger partial charge in [-0.3, -0.25) is 10.1 Å². The highest BCUT2D eigenvalue weighted by atomic mass is 19.1. The summed E-state index contributed by atoms with van der Waals surface area (Å²) >= 11 is 0. The van der Waals surface area contributed by atoms with Crippen molar-refractivity contribution in [2.75, 3.05) is 6.61 Å². The number of nitrogens with zero attached hydrogens (tertiary/aromatic N) is 1. The van der Waals surface area contributed by atoms with Gasteiger partial charge in [-0.05, 0) is 12.1 Å². The highest BCUT2D eigenvalue weighted by molar-refractivity contribution is 5.47. The van der Waals surface area contributed by atoms with Gasteiger partial charge in [0.2, 0.25) is 5.82 Å². The van der Waals surface area contributed by atoms with Crippen LogP contribution in [0.2, 0.25) is 0 Å². The zero-order chi connectivity index (χ0) is 11.3. The summed E-state index contributed by atoms with van der Waals surface area (Å²) < 4.78 is 18.0. The van der Waals surface area contributed by atoms with E-state index >= 15 is 0 Å². The van der Waals surface area contributed by atoms with Crippen LogP contribution in [0, 0.1) is 28.3 Å². The first-order valence-corrected chi connectivity index (χ1v) is 4.16. The second kappa shape index (κ2) is 4.96. The zero-order valence-corrected chi connectivity index (χ0v) is 7.77. The highest BCUT2D eigenvalue weighted by Gasteiger charge is 2.20. The topological polar surface area (TPSA) is 52.4 Å². The average Bonchev–Trinajstić information content (AvgIpc) is 2.17. The molecule has 0 aliphatic carbocycles. The molecule has 15 heavy (non-hydrogen) atoms. The van der Waals surface area contributed by atoms with Crippen LogP contribution >= 0.6 is 0 Å². The van der Waals surface area contributed by atoms with Crippen molar-refractivity contribution in [3.63, 3.8) is 0 Å². The van der Waals surface area contributed by atoms with Gasteiger partial charge in [-0.25, -0.2) is 0 Å². The first-order chi connectivity index (χ1) is 7.16. The van der Waals surface area contributed by atoms with Crippen molar-refractivity contribution in [1.82, 2.24) is 0 Å². The van der Waals surface area contributed by atoms with E-state index in [1.165, 1.54) is 12.1 Å². The van der Waals surface area contributed by atoms with Gasteiger partial charge in [0.15, 0.2) is 5.75 Å². The van der Waals surface area contributed by atoms with Gasteiger partial charge in [0.05, 0.1) is 11.5 Å². The molecule has 0 amide bonds. The summed E-state index contributed by atoms with van der Waals surface area (Å²) in [5, 5.41) is 10.5. The summed E-state index contributed by atoms with van der Waals surface area (Å²) in [5.74, 6) is 1.29. The van der Waals surface area contributed by atoms with Crippen molar-refractivity contribution in [3.05, 3.63) is 34.1 Å². The molecule has 0 aliphatic rings. The number of ether oxygens (including phenoxy) is 1. The minimum absolute atomic E-state index is 0.102. The van der Waals surface area contributed by atoms with Crippen molar-refractivity contribution >= 4 is 5.69 Å². The van der Waals surface area contributed by atoms with E-state index < -0.39 is 16.4 Å². The van der Waals surface area contributed by atoms with Crippen LogP contribution in [0.5, 0.6) is 5.75 Å². The van der Waals surface area contributed by atoms with Crippen LogP contribution in [0.4, 0.5) is 10.1 Å². The fraction of sp³-hybridized carbons (Fsp3) is 0.200. The van der Waals surface area contributed by atoms with Gasteiger partial charge in [-0.2, -0.15) is 4.39 Å². The minimum Gasteiger partial charge on any atom is -0.486 e. The van der Waals surface area contributed by atoms with E-state index in [0.29, 0.717) is 6.42 Å². The number of terminal acetylenes is 1. The number of nitro groups is 1. The van der Waals surface area contributed by atoms with Crippen molar-refractivity contribution in [2.24, 2.45) is 0 Å². The predicted octanol–water partition coefficient (Wildman–Crippen LogP) is 2.14. The van der Waals surface area contributed by atoms with Crippen LogP contribution in [-0.4, -0.2) is 11.5 Å². The Bertz CT molecular complexity index is 412. The molecule has 0 heterocycles. The largest absolute Gasteiger partial charge is 0.486 e. The first-order valence-electron chi connectivity index (χ1n) is 4.16. The second-order valence-electron chi connectivity index (χ2n) is 2.65. The molecular formula is C10H8FNO3. The van der Waals surface area contributed by atoms with Crippen molar-refractivity contribution in [2.45, 2.75) is 6.42 Å². The molecule has 0 N–H and O–H groups in total. The van der Waals surface area contributed by atoms with Gasteiger partial charge < -0.3 is 4.74 Å². The Hall–Kier alpha value is -2.09. The molecule has 0 aliphatic heterocycles. The molecule has 0 bridgehead atoms. The number of halogens is 1. The molecule has 4 nitrogen and oxygen atoms in total. The lowest BCUT2D eigenvalue weighted by atomic mass is 10.3. The molecule has 0 aromatic heterocycles. The van der Waals surface area contributed by atoms with E-state index in [-0.39, 0.29) is 12.4 Å². The molecule has 0 radical (unpaired) electrons. The Morgan fingerprint density at radius 1 is 1.60 bits per heavy atom. The molecule has 0 spiro atoms. The third-order valence-corrected chi connectivity index (χ3v) is 1.64. The van der Waals surface area contributed by atoms with Gasteiger partial charge in [0.1, 0.15) is 0 Å². The summed E-state index contributed by atoms with van der Waals surface area (Å²) in [7, 11) is 0.